The predicted octanol–water partition coefficient (Wildman–Crippen LogP) is 2.20. The van der Waals surface area contributed by atoms with Crippen LogP contribution in [0.15, 0.2) is 17.0 Å². The molecule has 2 unspecified atom stereocenters. The lowest BCUT2D eigenvalue weighted by Crippen LogP contribution is -2.27. The Kier molecular flexibility index (Phi) is 3.57. The number of halogens is 2. The van der Waals surface area contributed by atoms with E-state index >= 15 is 0 Å². The van der Waals surface area contributed by atoms with Crippen LogP contribution >= 0.6 is 10.7 Å². The molecular weight excluding hydrogens is 293 g/mol. The first-order valence-electron chi connectivity index (χ1n) is 5.76. The standard InChI is InChI=1S/C12H13ClFNO3S/c1-6-4-10(6)15-12(16)8-5-11(19(13,17)18)7(2)3-9(8)14/h3,5-6,10H,4H2,1-2H3,(H,15,16). The highest BCUT2D eigenvalue weighted by atomic mass is 35.7. The van der Waals surface area contributed by atoms with Crippen LogP contribution in [0.3, 0.4) is 0 Å². The average Bonchev–Trinajstić information content (AvgIpc) is 2.91. The quantitative estimate of drug-likeness (QED) is 0.871. The first kappa shape index (κ1) is 14.3. The lowest BCUT2D eigenvalue weighted by atomic mass is 10.1. The van der Waals surface area contributed by atoms with Gasteiger partial charge in [0.15, 0.2) is 0 Å². The van der Waals surface area contributed by atoms with Gasteiger partial charge in [0.1, 0.15) is 5.82 Å². The molecule has 1 N–H and O–H groups in total. The van der Waals surface area contributed by atoms with Gasteiger partial charge in [-0.1, -0.05) is 6.92 Å². The highest BCUT2D eigenvalue weighted by molar-refractivity contribution is 8.13. The largest absolute Gasteiger partial charge is 0.349 e. The molecule has 0 aliphatic heterocycles. The van der Waals surface area contributed by atoms with Gasteiger partial charge in [-0.25, -0.2) is 12.8 Å². The summed E-state index contributed by atoms with van der Waals surface area (Å²) in [5, 5.41) is 2.64. The molecule has 0 bridgehead atoms. The van der Waals surface area contributed by atoms with E-state index in [1.807, 2.05) is 6.92 Å². The fourth-order valence-electron chi connectivity index (χ4n) is 1.86. The number of aryl methyl sites for hydroxylation is 1. The summed E-state index contributed by atoms with van der Waals surface area (Å²) in [6, 6.07) is 2.01. The summed E-state index contributed by atoms with van der Waals surface area (Å²) in [5.74, 6) is -1.01. The van der Waals surface area contributed by atoms with E-state index in [9.17, 15) is 17.6 Å². The van der Waals surface area contributed by atoms with Crippen LogP contribution in [0, 0.1) is 18.7 Å². The molecule has 1 aliphatic rings. The van der Waals surface area contributed by atoms with Gasteiger partial charge >= 0.3 is 0 Å². The van der Waals surface area contributed by atoms with Crippen molar-refractivity contribution < 1.29 is 17.6 Å². The van der Waals surface area contributed by atoms with Gasteiger partial charge < -0.3 is 5.32 Å². The molecule has 0 aromatic heterocycles. The number of carbonyl (C=O) groups is 1. The van der Waals surface area contributed by atoms with E-state index in [0.29, 0.717) is 5.92 Å². The van der Waals surface area contributed by atoms with E-state index in [2.05, 4.69) is 5.32 Å². The Hall–Kier alpha value is -1.14. The van der Waals surface area contributed by atoms with Gasteiger partial charge in [0.25, 0.3) is 15.0 Å². The zero-order valence-electron chi connectivity index (χ0n) is 10.4. The maximum atomic E-state index is 13.7. The molecule has 0 spiro atoms. The number of hydrogen-bond acceptors (Lipinski definition) is 3. The minimum absolute atomic E-state index is 0.0317. The van der Waals surface area contributed by atoms with Crippen LogP contribution < -0.4 is 5.32 Å². The lowest BCUT2D eigenvalue weighted by Gasteiger charge is -2.08. The van der Waals surface area contributed by atoms with Gasteiger partial charge in [0, 0.05) is 16.7 Å². The second-order valence-corrected chi connectivity index (χ2v) is 7.36. The Labute approximate surface area is 115 Å². The molecule has 1 amide bonds. The summed E-state index contributed by atoms with van der Waals surface area (Å²) < 4.78 is 36.4. The number of hydrogen-bond donors (Lipinski definition) is 1. The van der Waals surface area contributed by atoms with Gasteiger partial charge in [-0.05, 0) is 37.0 Å². The molecule has 4 nitrogen and oxygen atoms in total. The van der Waals surface area contributed by atoms with Crippen LogP contribution in [-0.4, -0.2) is 20.4 Å². The zero-order valence-corrected chi connectivity index (χ0v) is 12.0. The molecule has 2 atom stereocenters. The van der Waals surface area contributed by atoms with Crippen molar-refractivity contribution in [1.29, 1.82) is 0 Å². The molecule has 7 heteroatoms. The van der Waals surface area contributed by atoms with Gasteiger partial charge in [0.05, 0.1) is 10.5 Å². The van der Waals surface area contributed by atoms with E-state index in [4.69, 9.17) is 10.7 Å². The van der Waals surface area contributed by atoms with Crippen LogP contribution in [0.1, 0.15) is 29.3 Å². The van der Waals surface area contributed by atoms with E-state index in [1.54, 1.807) is 0 Å². The summed E-state index contributed by atoms with van der Waals surface area (Å²) in [5.41, 5.74) is -0.132. The molecule has 1 fully saturated rings. The molecule has 0 radical (unpaired) electrons. The molecule has 2 rings (SSSR count). The number of rotatable bonds is 3. The van der Waals surface area contributed by atoms with Crippen LogP contribution in [0.4, 0.5) is 4.39 Å². The maximum Gasteiger partial charge on any atom is 0.261 e. The number of nitrogens with one attached hydrogen (secondary N) is 1. The molecule has 1 saturated carbocycles. The molecule has 0 saturated heterocycles. The van der Waals surface area contributed by atoms with Crippen molar-refractivity contribution in [1.82, 2.24) is 5.32 Å². The predicted molar refractivity (Wildman–Crippen MR) is 69.2 cm³/mol. The van der Waals surface area contributed by atoms with E-state index in [-0.39, 0.29) is 22.1 Å². The topological polar surface area (TPSA) is 63.2 Å². The molecule has 1 aromatic carbocycles. The van der Waals surface area contributed by atoms with Crippen molar-refractivity contribution >= 4 is 25.6 Å². The third kappa shape index (κ3) is 3.06. The van der Waals surface area contributed by atoms with E-state index < -0.39 is 20.8 Å². The second-order valence-electron chi connectivity index (χ2n) is 4.83. The van der Waals surface area contributed by atoms with Crippen molar-refractivity contribution in [2.75, 3.05) is 0 Å². The van der Waals surface area contributed by atoms with Gasteiger partial charge in [0.2, 0.25) is 0 Å². The Balaban J connectivity index is 2.37. The van der Waals surface area contributed by atoms with Crippen molar-refractivity contribution in [3.05, 3.63) is 29.1 Å². The minimum Gasteiger partial charge on any atom is -0.349 e. The molecular formula is C12H13ClFNO3S. The number of benzene rings is 1. The Morgan fingerprint density at radius 1 is 1.47 bits per heavy atom. The van der Waals surface area contributed by atoms with Crippen LogP contribution in [0.5, 0.6) is 0 Å². The lowest BCUT2D eigenvalue weighted by molar-refractivity contribution is 0.0945. The Morgan fingerprint density at radius 2 is 2.05 bits per heavy atom. The molecule has 19 heavy (non-hydrogen) atoms. The molecule has 104 valence electrons. The van der Waals surface area contributed by atoms with Crippen LogP contribution in [0.2, 0.25) is 0 Å². The van der Waals surface area contributed by atoms with Crippen LogP contribution in [0.25, 0.3) is 0 Å². The average molecular weight is 306 g/mol. The monoisotopic (exact) mass is 305 g/mol. The fraction of sp³-hybridized carbons (Fsp3) is 0.417. The smallest absolute Gasteiger partial charge is 0.261 e. The van der Waals surface area contributed by atoms with Crippen molar-refractivity contribution in [3.8, 4) is 0 Å². The third-order valence-electron chi connectivity index (χ3n) is 3.20. The van der Waals surface area contributed by atoms with Gasteiger partial charge in [-0.15, -0.1) is 0 Å². The highest BCUT2D eigenvalue weighted by Gasteiger charge is 2.34. The molecule has 1 aromatic rings. The molecule has 1 aliphatic carbocycles. The summed E-state index contributed by atoms with van der Waals surface area (Å²) in [6.07, 6.45) is 0.847. The summed E-state index contributed by atoms with van der Waals surface area (Å²) >= 11 is 0. The van der Waals surface area contributed by atoms with E-state index in [0.717, 1.165) is 18.6 Å². The Morgan fingerprint density at radius 3 is 2.53 bits per heavy atom. The van der Waals surface area contributed by atoms with Crippen molar-refractivity contribution in [2.45, 2.75) is 31.2 Å². The van der Waals surface area contributed by atoms with Crippen LogP contribution in [-0.2, 0) is 9.05 Å². The summed E-state index contributed by atoms with van der Waals surface area (Å²) in [7, 11) is 1.25. The Bertz CT molecular complexity index is 645. The number of amides is 1. The van der Waals surface area contributed by atoms with Crippen molar-refractivity contribution in [3.63, 3.8) is 0 Å². The van der Waals surface area contributed by atoms with Gasteiger partial charge in [-0.2, -0.15) is 0 Å². The zero-order chi connectivity index (χ0) is 14.4. The fourth-order valence-corrected chi connectivity index (χ4v) is 3.06. The summed E-state index contributed by atoms with van der Waals surface area (Å²) in [6.45, 7) is 3.38. The summed E-state index contributed by atoms with van der Waals surface area (Å²) in [4.78, 5) is 11.6. The van der Waals surface area contributed by atoms with Gasteiger partial charge in [-0.3, -0.25) is 4.79 Å². The SMILES string of the molecule is Cc1cc(F)c(C(=O)NC2CC2C)cc1S(=O)(=O)Cl. The minimum atomic E-state index is -4.00. The van der Waals surface area contributed by atoms with Crippen molar-refractivity contribution in [2.24, 2.45) is 5.92 Å². The normalized spacial score (nSPS) is 22.1. The maximum absolute atomic E-state index is 13.7. The first-order valence-corrected chi connectivity index (χ1v) is 8.06. The first-order chi connectivity index (χ1) is 8.70. The highest BCUT2D eigenvalue weighted by Crippen LogP contribution is 2.30. The third-order valence-corrected chi connectivity index (χ3v) is 4.66. The van der Waals surface area contributed by atoms with E-state index in [1.165, 1.54) is 6.92 Å². The number of carbonyl (C=O) groups excluding carboxylic acids is 1. The molecule has 0 heterocycles. The second kappa shape index (κ2) is 4.76.